The molecule has 0 aliphatic heterocycles. The van der Waals surface area contributed by atoms with Gasteiger partial charge in [-0.05, 0) is 19.1 Å². The van der Waals surface area contributed by atoms with Gasteiger partial charge in [-0.25, -0.2) is 4.79 Å². The van der Waals surface area contributed by atoms with Gasteiger partial charge in [0.25, 0.3) is 11.6 Å². The minimum Gasteiger partial charge on any atom is -0.494 e. The zero-order chi connectivity index (χ0) is 15.8. The van der Waals surface area contributed by atoms with Gasteiger partial charge in [-0.2, -0.15) is 0 Å². The molecule has 1 amide bonds. The molecule has 114 valence electrons. The predicted octanol–water partition coefficient (Wildman–Crippen LogP) is 1.03. The van der Waals surface area contributed by atoms with Gasteiger partial charge in [-0.3, -0.25) is 14.9 Å². The fraction of sp³-hybridized carbons (Fsp3) is 0.333. The van der Waals surface area contributed by atoms with E-state index >= 15 is 0 Å². The monoisotopic (exact) mass is 298 g/mol. The number of carbonyl (C=O) groups is 2. The maximum absolute atomic E-state index is 11.5. The van der Waals surface area contributed by atoms with Gasteiger partial charge < -0.3 is 19.9 Å². The van der Waals surface area contributed by atoms with E-state index in [2.05, 4.69) is 10.1 Å². The van der Waals surface area contributed by atoms with Crippen molar-refractivity contribution in [3.63, 3.8) is 0 Å². The van der Waals surface area contributed by atoms with Gasteiger partial charge in [-0.1, -0.05) is 0 Å². The molecule has 0 unspecified atom stereocenters. The number of nitrogens with zero attached hydrogens (tertiary/aromatic N) is 1. The normalized spacial score (nSPS) is 9.95. The Morgan fingerprint density at radius 2 is 2.10 bits per heavy atom. The van der Waals surface area contributed by atoms with E-state index in [1.54, 1.807) is 6.92 Å². The van der Waals surface area contributed by atoms with Crippen molar-refractivity contribution >= 4 is 23.3 Å². The molecule has 0 aromatic heterocycles. The van der Waals surface area contributed by atoms with Crippen molar-refractivity contribution in [3.05, 3.63) is 28.3 Å². The first kappa shape index (κ1) is 16.4. The van der Waals surface area contributed by atoms with Crippen molar-refractivity contribution in [1.82, 2.24) is 0 Å². The van der Waals surface area contributed by atoms with E-state index in [0.29, 0.717) is 12.4 Å². The Labute approximate surface area is 119 Å². The highest BCUT2D eigenvalue weighted by Gasteiger charge is 2.17. The van der Waals surface area contributed by atoms with Crippen molar-refractivity contribution in [2.45, 2.75) is 6.92 Å². The average molecular weight is 298 g/mol. The number of carboxylic acids is 1. The number of nitro groups is 1. The summed E-state index contributed by atoms with van der Waals surface area (Å²) < 4.78 is 9.73. The van der Waals surface area contributed by atoms with Crippen molar-refractivity contribution in [3.8, 4) is 5.75 Å². The Balaban J connectivity index is 2.75. The van der Waals surface area contributed by atoms with E-state index in [4.69, 9.17) is 9.84 Å². The van der Waals surface area contributed by atoms with Gasteiger partial charge in [0.15, 0.2) is 0 Å². The highest BCUT2D eigenvalue weighted by atomic mass is 16.6. The Morgan fingerprint density at radius 1 is 1.38 bits per heavy atom. The molecule has 0 atom stereocenters. The highest BCUT2D eigenvalue weighted by molar-refractivity contribution is 5.94. The molecular formula is C12H14N2O7. The molecule has 0 heterocycles. The van der Waals surface area contributed by atoms with Crippen molar-refractivity contribution in [2.75, 3.05) is 25.1 Å². The summed E-state index contributed by atoms with van der Waals surface area (Å²) in [5.74, 6) is -1.59. The summed E-state index contributed by atoms with van der Waals surface area (Å²) >= 11 is 0. The van der Waals surface area contributed by atoms with Gasteiger partial charge >= 0.3 is 5.97 Å². The number of hydrogen-bond donors (Lipinski definition) is 2. The lowest BCUT2D eigenvalue weighted by Crippen LogP contribution is -2.21. The molecular weight excluding hydrogens is 284 g/mol. The zero-order valence-corrected chi connectivity index (χ0v) is 11.2. The summed E-state index contributed by atoms with van der Waals surface area (Å²) in [6.07, 6.45) is 0. The lowest BCUT2D eigenvalue weighted by molar-refractivity contribution is -0.384. The number of amides is 1. The largest absolute Gasteiger partial charge is 0.494 e. The van der Waals surface area contributed by atoms with Crippen LogP contribution in [-0.2, 0) is 14.3 Å². The molecule has 0 saturated heterocycles. The Morgan fingerprint density at radius 3 is 2.67 bits per heavy atom. The van der Waals surface area contributed by atoms with Gasteiger partial charge in [0.1, 0.15) is 24.7 Å². The molecule has 0 spiro atoms. The van der Waals surface area contributed by atoms with Crippen LogP contribution in [0.3, 0.4) is 0 Å². The number of nitrogens with one attached hydrogen (secondary N) is 1. The number of carbonyl (C=O) groups excluding carboxylic acids is 1. The van der Waals surface area contributed by atoms with E-state index < -0.39 is 30.0 Å². The number of ether oxygens (including phenoxy) is 2. The van der Waals surface area contributed by atoms with Crippen LogP contribution in [0.1, 0.15) is 6.92 Å². The molecule has 21 heavy (non-hydrogen) atoms. The lowest BCUT2D eigenvalue weighted by atomic mass is 10.2. The second-order valence-electron chi connectivity index (χ2n) is 3.80. The summed E-state index contributed by atoms with van der Waals surface area (Å²) in [5, 5.41) is 21.6. The number of carboxylic acid groups (broad SMARTS) is 1. The van der Waals surface area contributed by atoms with Crippen molar-refractivity contribution in [1.29, 1.82) is 0 Å². The molecule has 0 fully saturated rings. The molecule has 1 aromatic carbocycles. The van der Waals surface area contributed by atoms with Crippen LogP contribution in [-0.4, -0.2) is 41.7 Å². The van der Waals surface area contributed by atoms with Gasteiger partial charge in [0.2, 0.25) is 0 Å². The molecule has 9 heteroatoms. The minimum atomic E-state index is -1.21. The van der Waals surface area contributed by atoms with Crippen LogP contribution < -0.4 is 10.1 Å². The first-order chi connectivity index (χ1) is 9.93. The molecule has 2 N–H and O–H groups in total. The standard InChI is InChI=1S/C12H14N2O7/c1-2-21-8-3-4-9(10(5-8)14(18)19)13-11(15)6-20-7-12(16)17/h3-5H,2,6-7H2,1H3,(H,13,15)(H,16,17). The van der Waals surface area contributed by atoms with Crippen LogP contribution in [0, 0.1) is 10.1 Å². The van der Waals surface area contributed by atoms with Crippen LogP contribution >= 0.6 is 0 Å². The second kappa shape index (κ2) is 7.80. The third-order valence-corrected chi connectivity index (χ3v) is 2.21. The topological polar surface area (TPSA) is 128 Å². The molecule has 0 aliphatic carbocycles. The number of nitro benzene ring substituents is 1. The van der Waals surface area contributed by atoms with Crippen LogP contribution in [0.4, 0.5) is 11.4 Å². The Hall–Kier alpha value is -2.68. The van der Waals surface area contributed by atoms with Crippen LogP contribution in [0.15, 0.2) is 18.2 Å². The number of hydrogen-bond acceptors (Lipinski definition) is 6. The fourth-order valence-electron chi connectivity index (χ4n) is 1.44. The molecule has 0 saturated carbocycles. The van der Waals surface area contributed by atoms with Crippen LogP contribution in [0.2, 0.25) is 0 Å². The number of aliphatic carboxylic acids is 1. The summed E-state index contributed by atoms with van der Waals surface area (Å²) in [5.41, 5.74) is -0.347. The molecule has 9 nitrogen and oxygen atoms in total. The Kier molecular flexibility index (Phi) is 6.08. The minimum absolute atomic E-state index is 0.0209. The highest BCUT2D eigenvalue weighted by Crippen LogP contribution is 2.29. The number of rotatable bonds is 8. The first-order valence-electron chi connectivity index (χ1n) is 5.94. The number of anilines is 1. The lowest BCUT2D eigenvalue weighted by Gasteiger charge is -2.08. The molecule has 0 bridgehead atoms. The zero-order valence-electron chi connectivity index (χ0n) is 11.2. The number of benzene rings is 1. The van der Waals surface area contributed by atoms with Gasteiger partial charge in [0.05, 0.1) is 17.6 Å². The van der Waals surface area contributed by atoms with Crippen LogP contribution in [0.5, 0.6) is 5.75 Å². The first-order valence-corrected chi connectivity index (χ1v) is 5.94. The quantitative estimate of drug-likeness (QED) is 0.541. The third-order valence-electron chi connectivity index (χ3n) is 2.21. The van der Waals surface area contributed by atoms with Crippen molar-refractivity contribution < 1.29 is 29.1 Å². The van der Waals surface area contributed by atoms with E-state index in [1.165, 1.54) is 18.2 Å². The Bertz CT molecular complexity index is 544. The summed E-state index contributed by atoms with van der Waals surface area (Å²) in [4.78, 5) is 32.0. The summed E-state index contributed by atoms with van der Waals surface area (Å²) in [7, 11) is 0. The average Bonchev–Trinajstić information content (AvgIpc) is 2.40. The molecule has 1 aromatic rings. The smallest absolute Gasteiger partial charge is 0.329 e. The van der Waals surface area contributed by atoms with E-state index in [0.717, 1.165) is 0 Å². The van der Waals surface area contributed by atoms with E-state index in [-0.39, 0.29) is 11.4 Å². The van der Waals surface area contributed by atoms with Gasteiger partial charge in [0, 0.05) is 0 Å². The summed E-state index contributed by atoms with van der Waals surface area (Å²) in [6, 6.07) is 4.00. The van der Waals surface area contributed by atoms with Crippen molar-refractivity contribution in [2.24, 2.45) is 0 Å². The third kappa shape index (κ3) is 5.45. The SMILES string of the molecule is CCOc1ccc(NC(=O)COCC(=O)O)c([N+](=O)[O-])c1. The fourth-order valence-corrected chi connectivity index (χ4v) is 1.44. The second-order valence-corrected chi connectivity index (χ2v) is 3.80. The summed E-state index contributed by atoms with van der Waals surface area (Å²) in [6.45, 7) is 0.947. The predicted molar refractivity (Wildman–Crippen MR) is 71.3 cm³/mol. The molecule has 0 aliphatic rings. The maximum atomic E-state index is 11.5. The van der Waals surface area contributed by atoms with Crippen LogP contribution in [0.25, 0.3) is 0 Å². The molecule has 1 rings (SSSR count). The van der Waals surface area contributed by atoms with Gasteiger partial charge in [-0.15, -0.1) is 0 Å². The van der Waals surface area contributed by atoms with E-state index in [9.17, 15) is 19.7 Å². The maximum Gasteiger partial charge on any atom is 0.329 e. The molecule has 0 radical (unpaired) electrons. The van der Waals surface area contributed by atoms with E-state index in [1.807, 2.05) is 0 Å².